The quantitative estimate of drug-likeness (QED) is 0.696. The number of amides is 2. The van der Waals surface area contributed by atoms with E-state index in [0.29, 0.717) is 26.1 Å². The highest BCUT2D eigenvalue weighted by atomic mass is 16.4. The lowest BCUT2D eigenvalue weighted by molar-refractivity contribution is -0.137. The summed E-state index contributed by atoms with van der Waals surface area (Å²) in [6, 6.07) is -0.448. The van der Waals surface area contributed by atoms with Gasteiger partial charge in [0.25, 0.3) is 0 Å². The van der Waals surface area contributed by atoms with E-state index in [1.165, 1.54) is 4.90 Å². The molecule has 17 heavy (non-hydrogen) atoms. The number of carbonyl (C=O) groups is 2. The Morgan fingerprint density at radius 1 is 1.12 bits per heavy atom. The van der Waals surface area contributed by atoms with E-state index in [4.69, 9.17) is 5.11 Å². The maximum Gasteiger partial charge on any atom is 0.407 e. The molecule has 2 aliphatic heterocycles. The summed E-state index contributed by atoms with van der Waals surface area (Å²) in [6.07, 6.45) is 0.475. The Bertz CT molecular complexity index is 313. The van der Waals surface area contributed by atoms with E-state index in [1.807, 2.05) is 7.05 Å². The summed E-state index contributed by atoms with van der Waals surface area (Å²) in [6.45, 7) is 3.63. The monoisotopic (exact) mass is 241 g/mol. The molecule has 0 aromatic carbocycles. The van der Waals surface area contributed by atoms with Crippen LogP contribution < -0.4 is 0 Å². The Morgan fingerprint density at radius 2 is 1.76 bits per heavy atom. The number of piperazine rings is 1. The Hall–Kier alpha value is -1.30. The van der Waals surface area contributed by atoms with Gasteiger partial charge >= 0.3 is 6.09 Å². The lowest BCUT2D eigenvalue weighted by atomic mass is 10.2. The van der Waals surface area contributed by atoms with Crippen molar-refractivity contribution >= 4 is 12.0 Å². The van der Waals surface area contributed by atoms with Crippen LogP contribution in [0, 0.1) is 0 Å². The summed E-state index contributed by atoms with van der Waals surface area (Å²) in [5.74, 6) is -0.0157. The number of carboxylic acid groups (broad SMARTS) is 1. The molecule has 2 fully saturated rings. The van der Waals surface area contributed by atoms with E-state index in [0.717, 1.165) is 19.5 Å². The molecule has 6 heteroatoms. The zero-order valence-corrected chi connectivity index (χ0v) is 10.1. The molecule has 0 radical (unpaired) electrons. The van der Waals surface area contributed by atoms with E-state index in [2.05, 4.69) is 4.90 Å². The van der Waals surface area contributed by atoms with Gasteiger partial charge in [0.2, 0.25) is 5.91 Å². The van der Waals surface area contributed by atoms with E-state index in [-0.39, 0.29) is 5.91 Å². The van der Waals surface area contributed by atoms with E-state index in [9.17, 15) is 9.59 Å². The van der Waals surface area contributed by atoms with E-state index in [1.54, 1.807) is 4.90 Å². The number of likely N-dealkylation sites (N-methyl/N-ethyl adjacent to an activating group) is 1. The third kappa shape index (κ3) is 2.52. The number of likely N-dealkylation sites (tertiary alicyclic amines) is 1. The minimum Gasteiger partial charge on any atom is -0.465 e. The zero-order chi connectivity index (χ0) is 12.4. The van der Waals surface area contributed by atoms with Gasteiger partial charge in [-0.15, -0.1) is 0 Å². The SMILES string of the molecule is CN1CCN(C(=O)[C@@H]2CCCN2C(=O)O)CC1. The van der Waals surface area contributed by atoms with Gasteiger partial charge in [0.05, 0.1) is 0 Å². The van der Waals surface area contributed by atoms with Crippen LogP contribution in [0.15, 0.2) is 0 Å². The summed E-state index contributed by atoms with van der Waals surface area (Å²) in [4.78, 5) is 28.5. The van der Waals surface area contributed by atoms with Crippen LogP contribution in [-0.4, -0.2) is 77.6 Å². The molecule has 6 nitrogen and oxygen atoms in total. The van der Waals surface area contributed by atoms with Crippen LogP contribution in [0.2, 0.25) is 0 Å². The van der Waals surface area contributed by atoms with Gasteiger partial charge < -0.3 is 14.9 Å². The van der Waals surface area contributed by atoms with Crippen LogP contribution in [0.4, 0.5) is 4.79 Å². The fourth-order valence-electron chi connectivity index (χ4n) is 2.49. The molecular formula is C11H19N3O3. The Morgan fingerprint density at radius 3 is 2.35 bits per heavy atom. The molecule has 96 valence electrons. The van der Waals surface area contributed by atoms with Gasteiger partial charge in [-0.25, -0.2) is 4.79 Å². The first kappa shape index (κ1) is 12.2. The summed E-state index contributed by atoms with van der Waals surface area (Å²) in [7, 11) is 2.03. The standard InChI is InChI=1S/C11H19N3O3/c1-12-5-7-13(8-6-12)10(15)9-3-2-4-14(9)11(16)17/h9H,2-8H2,1H3,(H,16,17)/t9-/m0/s1. The second-order valence-corrected chi connectivity index (χ2v) is 4.76. The van der Waals surface area contributed by atoms with Gasteiger partial charge in [-0.3, -0.25) is 9.69 Å². The number of hydrogen-bond acceptors (Lipinski definition) is 3. The molecule has 2 heterocycles. The predicted molar refractivity (Wildman–Crippen MR) is 61.8 cm³/mol. The molecule has 0 aliphatic carbocycles. The lowest BCUT2D eigenvalue weighted by Gasteiger charge is -2.35. The first-order valence-corrected chi connectivity index (χ1v) is 6.06. The Kier molecular flexibility index (Phi) is 3.51. The van der Waals surface area contributed by atoms with Crippen molar-refractivity contribution in [2.24, 2.45) is 0 Å². The number of rotatable bonds is 1. The van der Waals surface area contributed by atoms with Crippen molar-refractivity contribution in [3.8, 4) is 0 Å². The van der Waals surface area contributed by atoms with Crippen LogP contribution in [0.1, 0.15) is 12.8 Å². The molecule has 0 aromatic heterocycles. The molecule has 0 bridgehead atoms. The minimum atomic E-state index is -0.977. The third-order valence-electron chi connectivity index (χ3n) is 3.60. The normalized spacial score (nSPS) is 26.3. The van der Waals surface area contributed by atoms with Crippen molar-refractivity contribution in [2.45, 2.75) is 18.9 Å². The third-order valence-corrected chi connectivity index (χ3v) is 3.60. The van der Waals surface area contributed by atoms with Crippen molar-refractivity contribution in [1.29, 1.82) is 0 Å². The molecular weight excluding hydrogens is 222 g/mol. The molecule has 2 rings (SSSR count). The molecule has 1 atom stereocenters. The van der Waals surface area contributed by atoms with Gasteiger partial charge in [0, 0.05) is 32.7 Å². The molecule has 0 saturated carbocycles. The Labute approximate surface area is 101 Å². The van der Waals surface area contributed by atoms with Crippen molar-refractivity contribution in [3.05, 3.63) is 0 Å². The van der Waals surface area contributed by atoms with Crippen molar-refractivity contribution in [2.75, 3.05) is 39.8 Å². The van der Waals surface area contributed by atoms with Gasteiger partial charge in [-0.05, 0) is 19.9 Å². The van der Waals surface area contributed by atoms with Crippen LogP contribution in [0.25, 0.3) is 0 Å². The summed E-state index contributed by atoms with van der Waals surface area (Å²) < 4.78 is 0. The molecule has 0 unspecified atom stereocenters. The van der Waals surface area contributed by atoms with Gasteiger partial charge in [0.15, 0.2) is 0 Å². The summed E-state index contributed by atoms with van der Waals surface area (Å²) >= 11 is 0. The molecule has 0 aromatic rings. The van der Waals surface area contributed by atoms with Crippen LogP contribution in [0.5, 0.6) is 0 Å². The highest BCUT2D eigenvalue weighted by molar-refractivity contribution is 5.86. The topological polar surface area (TPSA) is 64.1 Å². The second kappa shape index (κ2) is 4.91. The predicted octanol–water partition coefficient (Wildman–Crippen LogP) is -0.0972. The molecule has 2 saturated heterocycles. The largest absolute Gasteiger partial charge is 0.465 e. The van der Waals surface area contributed by atoms with Crippen molar-refractivity contribution in [3.63, 3.8) is 0 Å². The van der Waals surface area contributed by atoms with Crippen LogP contribution in [-0.2, 0) is 4.79 Å². The maximum absolute atomic E-state index is 12.2. The lowest BCUT2D eigenvalue weighted by Crippen LogP contribution is -2.53. The summed E-state index contributed by atoms with van der Waals surface area (Å²) in [5.41, 5.74) is 0. The molecule has 1 N–H and O–H groups in total. The highest BCUT2D eigenvalue weighted by Crippen LogP contribution is 2.20. The van der Waals surface area contributed by atoms with Gasteiger partial charge in [-0.2, -0.15) is 0 Å². The van der Waals surface area contributed by atoms with Crippen molar-refractivity contribution < 1.29 is 14.7 Å². The van der Waals surface area contributed by atoms with Crippen LogP contribution in [0.3, 0.4) is 0 Å². The molecule has 2 amide bonds. The fraction of sp³-hybridized carbons (Fsp3) is 0.818. The average Bonchev–Trinajstić information content (AvgIpc) is 2.78. The number of carbonyl (C=O) groups excluding carboxylic acids is 1. The highest BCUT2D eigenvalue weighted by Gasteiger charge is 2.36. The average molecular weight is 241 g/mol. The van der Waals surface area contributed by atoms with Gasteiger partial charge in [-0.1, -0.05) is 0 Å². The number of hydrogen-bond donors (Lipinski definition) is 1. The van der Waals surface area contributed by atoms with Crippen LogP contribution >= 0.6 is 0 Å². The fourth-order valence-corrected chi connectivity index (χ4v) is 2.49. The molecule has 2 aliphatic rings. The molecule has 0 spiro atoms. The number of nitrogens with zero attached hydrogens (tertiary/aromatic N) is 3. The maximum atomic E-state index is 12.2. The van der Waals surface area contributed by atoms with E-state index < -0.39 is 12.1 Å². The smallest absolute Gasteiger partial charge is 0.407 e. The van der Waals surface area contributed by atoms with Gasteiger partial charge in [0.1, 0.15) is 6.04 Å². The first-order chi connectivity index (χ1) is 8.09. The second-order valence-electron chi connectivity index (χ2n) is 4.76. The summed E-state index contributed by atoms with van der Waals surface area (Å²) in [5, 5.41) is 9.02. The minimum absolute atomic E-state index is 0.0157. The van der Waals surface area contributed by atoms with Crippen molar-refractivity contribution in [1.82, 2.24) is 14.7 Å². The zero-order valence-electron chi connectivity index (χ0n) is 10.1. The Balaban J connectivity index is 1.97. The first-order valence-electron chi connectivity index (χ1n) is 6.06. The van der Waals surface area contributed by atoms with E-state index >= 15 is 0 Å².